The number of hydrogen-bond donors (Lipinski definition) is 1. The predicted octanol–water partition coefficient (Wildman–Crippen LogP) is 2.67. The molecule has 0 saturated heterocycles. The molecular weight excluding hydrogens is 344 g/mol. The molecule has 0 aliphatic heterocycles. The van der Waals surface area contributed by atoms with Crippen molar-refractivity contribution in [2.24, 2.45) is 0 Å². The highest BCUT2D eigenvalue weighted by Gasteiger charge is 2.21. The summed E-state index contributed by atoms with van der Waals surface area (Å²) in [6, 6.07) is 16.4. The molecule has 3 rings (SSSR count). The zero-order chi connectivity index (χ0) is 19.1. The molecule has 6 nitrogen and oxygen atoms in total. The van der Waals surface area contributed by atoms with Gasteiger partial charge in [-0.05, 0) is 54.7 Å². The van der Waals surface area contributed by atoms with Gasteiger partial charge in [0, 0.05) is 0 Å². The maximum Gasteiger partial charge on any atom is 0.344 e. The first-order chi connectivity index (χ1) is 13.2. The quantitative estimate of drug-likeness (QED) is 0.796. The predicted molar refractivity (Wildman–Crippen MR) is 97.9 cm³/mol. The monoisotopic (exact) mass is 364 g/mol. The Hall–Kier alpha value is -3.33. The highest BCUT2D eigenvalue weighted by Crippen LogP contribution is 2.29. The van der Waals surface area contributed by atoms with Crippen molar-refractivity contribution in [1.82, 2.24) is 5.32 Å². The van der Waals surface area contributed by atoms with Gasteiger partial charge in [-0.1, -0.05) is 24.3 Å². The van der Waals surface area contributed by atoms with Gasteiger partial charge >= 0.3 is 5.97 Å². The van der Waals surface area contributed by atoms with E-state index < -0.39 is 5.97 Å². The van der Waals surface area contributed by atoms with Crippen LogP contribution in [0.25, 0.3) is 0 Å². The van der Waals surface area contributed by atoms with Crippen molar-refractivity contribution in [1.29, 1.82) is 5.26 Å². The molecule has 0 unspecified atom stereocenters. The van der Waals surface area contributed by atoms with Crippen LogP contribution >= 0.6 is 0 Å². The van der Waals surface area contributed by atoms with Crippen molar-refractivity contribution in [2.75, 3.05) is 13.2 Å². The number of nitriles is 1. The van der Waals surface area contributed by atoms with E-state index in [0.717, 1.165) is 24.8 Å². The van der Waals surface area contributed by atoms with Gasteiger partial charge in [-0.3, -0.25) is 4.79 Å². The van der Waals surface area contributed by atoms with Crippen molar-refractivity contribution >= 4 is 11.9 Å². The Morgan fingerprint density at radius 2 is 1.89 bits per heavy atom. The first-order valence-corrected chi connectivity index (χ1v) is 8.81. The second-order valence-electron chi connectivity index (χ2n) is 6.30. The van der Waals surface area contributed by atoms with Crippen molar-refractivity contribution in [2.45, 2.75) is 25.3 Å². The van der Waals surface area contributed by atoms with Crippen LogP contribution in [0, 0.1) is 11.3 Å². The molecule has 0 radical (unpaired) electrons. The highest BCUT2D eigenvalue weighted by molar-refractivity contribution is 5.81. The fourth-order valence-electron chi connectivity index (χ4n) is 3.10. The van der Waals surface area contributed by atoms with Crippen molar-refractivity contribution in [3.8, 4) is 11.8 Å². The molecule has 0 aromatic heterocycles. The summed E-state index contributed by atoms with van der Waals surface area (Å²) in [5.41, 5.74) is 2.89. The molecule has 0 saturated carbocycles. The summed E-state index contributed by atoms with van der Waals surface area (Å²) in [7, 11) is 0. The van der Waals surface area contributed by atoms with E-state index in [1.807, 2.05) is 24.3 Å². The SMILES string of the molecule is N#Cc1ccc(OCC(=O)OCC(=O)N[C@@H]2CCCc3ccccc32)cc1. The first-order valence-electron chi connectivity index (χ1n) is 8.81. The van der Waals surface area contributed by atoms with Gasteiger partial charge in [0.1, 0.15) is 5.75 Å². The third-order valence-electron chi connectivity index (χ3n) is 4.41. The molecule has 1 N–H and O–H groups in total. The number of ether oxygens (including phenoxy) is 2. The second-order valence-corrected chi connectivity index (χ2v) is 6.30. The Morgan fingerprint density at radius 3 is 2.67 bits per heavy atom. The van der Waals surface area contributed by atoms with Gasteiger partial charge in [0.25, 0.3) is 5.91 Å². The van der Waals surface area contributed by atoms with Crippen LogP contribution < -0.4 is 10.1 Å². The molecular formula is C21H20N2O4. The molecule has 2 aromatic carbocycles. The van der Waals surface area contributed by atoms with E-state index in [4.69, 9.17) is 14.7 Å². The third-order valence-corrected chi connectivity index (χ3v) is 4.41. The first kappa shape index (κ1) is 18.5. The molecule has 0 bridgehead atoms. The summed E-state index contributed by atoms with van der Waals surface area (Å²) >= 11 is 0. The molecule has 1 amide bonds. The van der Waals surface area contributed by atoms with Crippen LogP contribution in [0.2, 0.25) is 0 Å². The smallest absolute Gasteiger partial charge is 0.344 e. The molecule has 0 spiro atoms. The van der Waals surface area contributed by atoms with Crippen LogP contribution in [-0.4, -0.2) is 25.1 Å². The van der Waals surface area contributed by atoms with Gasteiger partial charge in [-0.25, -0.2) is 4.79 Å². The summed E-state index contributed by atoms with van der Waals surface area (Å²) < 4.78 is 10.3. The number of benzene rings is 2. The number of nitrogens with one attached hydrogen (secondary N) is 1. The lowest BCUT2D eigenvalue weighted by Gasteiger charge is -2.26. The zero-order valence-corrected chi connectivity index (χ0v) is 14.8. The Bertz CT molecular complexity index is 855. The highest BCUT2D eigenvalue weighted by atomic mass is 16.6. The van der Waals surface area contributed by atoms with Crippen molar-refractivity contribution in [3.63, 3.8) is 0 Å². The fourth-order valence-corrected chi connectivity index (χ4v) is 3.10. The number of carbonyl (C=O) groups is 2. The van der Waals surface area contributed by atoms with Gasteiger partial charge in [-0.15, -0.1) is 0 Å². The van der Waals surface area contributed by atoms with Gasteiger partial charge in [0.15, 0.2) is 13.2 Å². The number of nitrogens with zero attached hydrogens (tertiary/aromatic N) is 1. The van der Waals surface area contributed by atoms with Crippen LogP contribution in [0.3, 0.4) is 0 Å². The molecule has 138 valence electrons. The van der Waals surface area contributed by atoms with E-state index in [0.29, 0.717) is 11.3 Å². The minimum Gasteiger partial charge on any atom is -0.482 e. The second kappa shape index (κ2) is 8.86. The topological polar surface area (TPSA) is 88.4 Å². The number of fused-ring (bicyclic) bond motifs is 1. The average Bonchev–Trinajstić information content (AvgIpc) is 2.71. The Balaban J connectivity index is 1.42. The van der Waals surface area contributed by atoms with Crippen LogP contribution in [0.15, 0.2) is 48.5 Å². The maximum absolute atomic E-state index is 12.1. The minimum atomic E-state index is -0.626. The van der Waals surface area contributed by atoms with E-state index in [2.05, 4.69) is 11.4 Å². The van der Waals surface area contributed by atoms with Gasteiger partial charge in [0.05, 0.1) is 17.7 Å². The van der Waals surface area contributed by atoms with E-state index >= 15 is 0 Å². The van der Waals surface area contributed by atoms with Gasteiger partial charge in [-0.2, -0.15) is 5.26 Å². The van der Waals surface area contributed by atoms with Crippen molar-refractivity contribution < 1.29 is 19.1 Å². The van der Waals surface area contributed by atoms with Crippen LogP contribution in [0.5, 0.6) is 5.75 Å². The molecule has 0 fully saturated rings. The zero-order valence-electron chi connectivity index (χ0n) is 14.8. The Morgan fingerprint density at radius 1 is 1.11 bits per heavy atom. The lowest BCUT2D eigenvalue weighted by atomic mass is 9.88. The number of amides is 1. The molecule has 1 aliphatic carbocycles. The summed E-state index contributed by atoms with van der Waals surface area (Å²) in [4.78, 5) is 23.9. The lowest BCUT2D eigenvalue weighted by Crippen LogP contribution is -2.34. The van der Waals surface area contributed by atoms with Gasteiger partial charge < -0.3 is 14.8 Å². The third kappa shape index (κ3) is 5.08. The molecule has 2 aromatic rings. The maximum atomic E-state index is 12.1. The van der Waals surface area contributed by atoms with Crippen LogP contribution in [0.4, 0.5) is 0 Å². The van der Waals surface area contributed by atoms with E-state index in [9.17, 15) is 9.59 Å². The summed E-state index contributed by atoms with van der Waals surface area (Å²) in [5, 5.41) is 11.7. The standard InChI is InChI=1S/C21H20N2O4/c22-12-15-8-10-17(11-9-15)26-14-21(25)27-13-20(24)23-19-7-3-5-16-4-1-2-6-18(16)19/h1-2,4,6,8-11,19H,3,5,7,13-14H2,(H,23,24)/t19-/m1/s1. The molecule has 6 heteroatoms. The minimum absolute atomic E-state index is 0.0453. The number of esters is 1. The normalized spacial score (nSPS) is 15.1. The van der Waals surface area contributed by atoms with Crippen molar-refractivity contribution in [3.05, 3.63) is 65.2 Å². The van der Waals surface area contributed by atoms with E-state index in [1.54, 1.807) is 24.3 Å². The summed E-state index contributed by atoms with van der Waals surface area (Å²) in [6.07, 6.45) is 2.91. The van der Waals surface area contributed by atoms with E-state index in [-0.39, 0.29) is 25.2 Å². The largest absolute Gasteiger partial charge is 0.482 e. The van der Waals surface area contributed by atoms with Crippen LogP contribution in [-0.2, 0) is 20.7 Å². The number of rotatable bonds is 6. The summed E-state index contributed by atoms with van der Waals surface area (Å²) in [6.45, 7) is -0.639. The molecule has 0 heterocycles. The molecule has 27 heavy (non-hydrogen) atoms. The van der Waals surface area contributed by atoms with Crippen LogP contribution in [0.1, 0.15) is 35.6 Å². The fraction of sp³-hybridized carbons (Fsp3) is 0.286. The Labute approximate surface area is 157 Å². The Kier molecular flexibility index (Phi) is 6.06. The number of aryl methyl sites for hydroxylation is 1. The lowest BCUT2D eigenvalue weighted by molar-refractivity contribution is -0.150. The number of hydrogen-bond acceptors (Lipinski definition) is 5. The molecule has 1 aliphatic rings. The number of carbonyl (C=O) groups excluding carboxylic acids is 2. The van der Waals surface area contributed by atoms with E-state index in [1.165, 1.54) is 5.56 Å². The summed E-state index contributed by atoms with van der Waals surface area (Å²) in [5.74, 6) is -0.504. The average molecular weight is 364 g/mol. The van der Waals surface area contributed by atoms with Gasteiger partial charge in [0.2, 0.25) is 0 Å². The molecule has 1 atom stereocenters.